The standard InChI is InChI=1S/C3H7O2P/c1-2-3-5-6-4/h2-4,6H,1H3. The lowest BCUT2D eigenvalue weighted by molar-refractivity contribution is 0.464. The fourth-order valence-corrected chi connectivity index (χ4v) is 0.295. The SMILES string of the molecule is CC=COPO. The third-order valence-corrected chi connectivity index (χ3v) is 0.498. The Morgan fingerprint density at radius 2 is 2.50 bits per heavy atom. The molecule has 0 amide bonds. The summed E-state index contributed by atoms with van der Waals surface area (Å²) in [6.45, 7) is 1.82. The lowest BCUT2D eigenvalue weighted by atomic mass is 10.8. The van der Waals surface area contributed by atoms with Gasteiger partial charge in [0.05, 0.1) is 6.26 Å². The Labute approximate surface area is 38.8 Å². The smallest absolute Gasteiger partial charge is 0.211 e. The molecule has 0 heterocycles. The van der Waals surface area contributed by atoms with Crippen molar-refractivity contribution in [3.05, 3.63) is 12.3 Å². The molecule has 0 saturated heterocycles. The van der Waals surface area contributed by atoms with E-state index < -0.39 is 9.03 Å². The van der Waals surface area contributed by atoms with Crippen molar-refractivity contribution in [2.24, 2.45) is 0 Å². The zero-order chi connectivity index (χ0) is 4.83. The lowest BCUT2D eigenvalue weighted by Crippen LogP contribution is -1.52. The molecule has 36 valence electrons. The van der Waals surface area contributed by atoms with Gasteiger partial charge in [-0.3, -0.25) is 0 Å². The van der Waals surface area contributed by atoms with Crippen LogP contribution in [-0.2, 0) is 4.52 Å². The van der Waals surface area contributed by atoms with Gasteiger partial charge in [0.1, 0.15) is 0 Å². The van der Waals surface area contributed by atoms with Crippen LogP contribution in [0.4, 0.5) is 0 Å². The molecule has 0 spiro atoms. The maximum Gasteiger partial charge on any atom is 0.211 e. The first-order valence-electron chi connectivity index (χ1n) is 1.57. The molecule has 1 unspecified atom stereocenters. The van der Waals surface area contributed by atoms with E-state index in [9.17, 15) is 0 Å². The molecule has 3 heteroatoms. The normalized spacial score (nSPS) is 11.7. The van der Waals surface area contributed by atoms with Gasteiger partial charge in [-0.25, -0.2) is 0 Å². The fraction of sp³-hybridized carbons (Fsp3) is 0.333. The van der Waals surface area contributed by atoms with Gasteiger partial charge in [-0.1, -0.05) is 6.08 Å². The van der Waals surface area contributed by atoms with E-state index >= 15 is 0 Å². The quantitative estimate of drug-likeness (QED) is 0.421. The number of allylic oxidation sites excluding steroid dienone is 1. The predicted molar refractivity (Wildman–Crippen MR) is 26.4 cm³/mol. The van der Waals surface area contributed by atoms with E-state index in [-0.39, 0.29) is 0 Å². The first-order chi connectivity index (χ1) is 2.91. The summed E-state index contributed by atoms with van der Waals surface area (Å²) in [6.07, 6.45) is 3.15. The number of rotatable bonds is 2. The van der Waals surface area contributed by atoms with E-state index in [2.05, 4.69) is 4.52 Å². The second-order valence-corrected chi connectivity index (χ2v) is 1.10. The number of hydrogen-bond donors (Lipinski definition) is 1. The Balaban J connectivity index is 2.66. The molecular weight excluding hydrogens is 99.0 g/mol. The summed E-state index contributed by atoms with van der Waals surface area (Å²) in [6, 6.07) is 0. The van der Waals surface area contributed by atoms with E-state index in [1.165, 1.54) is 6.26 Å². The molecule has 0 aromatic heterocycles. The summed E-state index contributed by atoms with van der Waals surface area (Å²) < 4.78 is 4.39. The first-order valence-corrected chi connectivity index (χ1v) is 2.43. The molecule has 1 N–H and O–H groups in total. The van der Waals surface area contributed by atoms with Crippen LogP contribution in [0.1, 0.15) is 6.92 Å². The minimum Gasteiger partial charge on any atom is -0.458 e. The molecule has 0 rings (SSSR count). The van der Waals surface area contributed by atoms with Gasteiger partial charge in [0, 0.05) is 0 Å². The van der Waals surface area contributed by atoms with Gasteiger partial charge in [0.15, 0.2) is 0 Å². The molecule has 2 nitrogen and oxygen atoms in total. The van der Waals surface area contributed by atoms with E-state index in [1.807, 2.05) is 6.92 Å². The summed E-state index contributed by atoms with van der Waals surface area (Å²) >= 11 is 0. The Morgan fingerprint density at radius 1 is 1.83 bits per heavy atom. The van der Waals surface area contributed by atoms with E-state index in [4.69, 9.17) is 4.89 Å². The van der Waals surface area contributed by atoms with Crippen LogP contribution in [0.25, 0.3) is 0 Å². The Kier molecular flexibility index (Phi) is 4.87. The summed E-state index contributed by atoms with van der Waals surface area (Å²) in [5.41, 5.74) is 0. The predicted octanol–water partition coefficient (Wildman–Crippen LogP) is 1.04. The third-order valence-electron chi connectivity index (χ3n) is 0.257. The second-order valence-electron chi connectivity index (χ2n) is 0.679. The van der Waals surface area contributed by atoms with Gasteiger partial charge in [-0.2, -0.15) is 0 Å². The monoisotopic (exact) mass is 106 g/mol. The number of hydrogen-bond acceptors (Lipinski definition) is 2. The molecule has 0 saturated carbocycles. The van der Waals surface area contributed by atoms with Crippen LogP contribution in [0.3, 0.4) is 0 Å². The maximum absolute atomic E-state index is 7.95. The summed E-state index contributed by atoms with van der Waals surface area (Å²) in [4.78, 5) is 7.95. The molecule has 0 aliphatic carbocycles. The summed E-state index contributed by atoms with van der Waals surface area (Å²) in [5.74, 6) is 0. The van der Waals surface area contributed by atoms with Gasteiger partial charge in [0.25, 0.3) is 0 Å². The molecule has 0 aliphatic rings. The van der Waals surface area contributed by atoms with Crippen LogP contribution in [-0.4, -0.2) is 4.89 Å². The molecular formula is C3H7O2P. The second kappa shape index (κ2) is 4.93. The molecule has 0 aliphatic heterocycles. The first kappa shape index (κ1) is 5.93. The highest BCUT2D eigenvalue weighted by molar-refractivity contribution is 7.25. The fourth-order valence-electron chi connectivity index (χ4n) is 0.0985. The third kappa shape index (κ3) is 3.93. The van der Waals surface area contributed by atoms with E-state index in [1.54, 1.807) is 6.08 Å². The maximum atomic E-state index is 7.95. The largest absolute Gasteiger partial charge is 0.458 e. The molecule has 0 aromatic rings. The Hall–Kier alpha value is -0.0700. The molecule has 0 radical (unpaired) electrons. The van der Waals surface area contributed by atoms with Crippen LogP contribution in [0.15, 0.2) is 12.3 Å². The van der Waals surface area contributed by atoms with Gasteiger partial charge in [-0.05, 0) is 6.92 Å². The van der Waals surface area contributed by atoms with E-state index in [0.717, 1.165) is 0 Å². The molecule has 6 heavy (non-hydrogen) atoms. The highest BCUT2D eigenvalue weighted by Gasteiger charge is 1.62. The van der Waals surface area contributed by atoms with Crippen LogP contribution < -0.4 is 0 Å². The van der Waals surface area contributed by atoms with Crippen LogP contribution in [0.5, 0.6) is 0 Å². The molecule has 1 atom stereocenters. The zero-order valence-corrected chi connectivity index (χ0v) is 4.51. The van der Waals surface area contributed by atoms with Crippen molar-refractivity contribution in [1.29, 1.82) is 0 Å². The molecule has 0 bridgehead atoms. The van der Waals surface area contributed by atoms with Crippen molar-refractivity contribution in [3.8, 4) is 0 Å². The van der Waals surface area contributed by atoms with Gasteiger partial charge < -0.3 is 9.42 Å². The van der Waals surface area contributed by atoms with Crippen molar-refractivity contribution in [2.45, 2.75) is 6.92 Å². The average molecular weight is 106 g/mol. The summed E-state index contributed by atoms with van der Waals surface area (Å²) in [5, 5.41) is 0. The van der Waals surface area contributed by atoms with Crippen molar-refractivity contribution in [3.63, 3.8) is 0 Å². The van der Waals surface area contributed by atoms with Crippen molar-refractivity contribution in [2.75, 3.05) is 0 Å². The van der Waals surface area contributed by atoms with Crippen molar-refractivity contribution in [1.82, 2.24) is 0 Å². The Bertz CT molecular complexity index is 44.1. The van der Waals surface area contributed by atoms with Crippen LogP contribution >= 0.6 is 9.03 Å². The minimum atomic E-state index is -0.422. The zero-order valence-electron chi connectivity index (χ0n) is 3.51. The lowest BCUT2D eigenvalue weighted by Gasteiger charge is -1.84. The minimum absolute atomic E-state index is 0.422. The van der Waals surface area contributed by atoms with Gasteiger partial charge >= 0.3 is 0 Å². The van der Waals surface area contributed by atoms with E-state index in [0.29, 0.717) is 0 Å². The Morgan fingerprint density at radius 3 is 2.67 bits per heavy atom. The van der Waals surface area contributed by atoms with Crippen molar-refractivity contribution >= 4 is 9.03 Å². The van der Waals surface area contributed by atoms with Gasteiger partial charge in [-0.15, -0.1) is 0 Å². The summed E-state index contributed by atoms with van der Waals surface area (Å²) in [7, 11) is -0.422. The average Bonchev–Trinajstić information content (AvgIpc) is 1.61. The van der Waals surface area contributed by atoms with Gasteiger partial charge in [0.2, 0.25) is 9.03 Å². The van der Waals surface area contributed by atoms with Crippen molar-refractivity contribution < 1.29 is 9.42 Å². The topological polar surface area (TPSA) is 29.5 Å². The highest BCUT2D eigenvalue weighted by Crippen LogP contribution is 2.01. The molecule has 0 fully saturated rings. The highest BCUT2D eigenvalue weighted by atomic mass is 31.1. The van der Waals surface area contributed by atoms with Crippen LogP contribution in [0.2, 0.25) is 0 Å². The molecule has 0 aromatic carbocycles. The van der Waals surface area contributed by atoms with Crippen LogP contribution in [0, 0.1) is 0 Å².